The predicted octanol–water partition coefficient (Wildman–Crippen LogP) is 1.80. The van der Waals surface area contributed by atoms with Crippen molar-refractivity contribution < 1.29 is 9.13 Å². The third kappa shape index (κ3) is 2.87. The summed E-state index contributed by atoms with van der Waals surface area (Å²) in [5.74, 6) is -0.0901. The van der Waals surface area contributed by atoms with Crippen LogP contribution in [0.4, 0.5) is 4.39 Å². The first kappa shape index (κ1) is 12.6. The van der Waals surface area contributed by atoms with Gasteiger partial charge in [-0.3, -0.25) is 4.68 Å². The molecule has 1 aromatic carbocycles. The van der Waals surface area contributed by atoms with Crippen molar-refractivity contribution in [2.24, 2.45) is 0 Å². The number of methoxy groups -OCH3 is 1. The molecule has 0 aliphatic carbocycles. The topological polar surface area (TPSA) is 39.1 Å². The molecule has 0 bridgehead atoms. The van der Waals surface area contributed by atoms with Crippen molar-refractivity contribution in [1.29, 1.82) is 0 Å². The van der Waals surface area contributed by atoms with Crippen LogP contribution in [-0.4, -0.2) is 23.9 Å². The summed E-state index contributed by atoms with van der Waals surface area (Å²) < 4.78 is 20.2. The van der Waals surface area contributed by atoms with Gasteiger partial charge in [-0.1, -0.05) is 6.07 Å². The van der Waals surface area contributed by atoms with E-state index in [0.717, 1.165) is 17.7 Å². The van der Waals surface area contributed by atoms with E-state index in [1.165, 1.54) is 13.2 Å². The molecule has 1 aromatic heterocycles. The lowest BCUT2D eigenvalue weighted by Gasteiger charge is -2.05. The highest BCUT2D eigenvalue weighted by molar-refractivity contribution is 5.29. The standard InChI is InChI=1S/C13H16FN3O/c1-15-6-11-7-16-17(9-11)8-10-3-4-13(18-2)12(14)5-10/h3-5,7,9,15H,6,8H2,1-2H3. The van der Waals surface area contributed by atoms with Gasteiger partial charge in [-0.2, -0.15) is 5.10 Å². The minimum absolute atomic E-state index is 0.259. The average Bonchev–Trinajstić information content (AvgIpc) is 2.77. The smallest absolute Gasteiger partial charge is 0.165 e. The molecule has 0 unspecified atom stereocenters. The van der Waals surface area contributed by atoms with Crippen molar-refractivity contribution in [2.75, 3.05) is 14.2 Å². The third-order valence-corrected chi connectivity index (χ3v) is 2.63. The van der Waals surface area contributed by atoms with Gasteiger partial charge in [0, 0.05) is 18.3 Å². The second-order valence-electron chi connectivity index (χ2n) is 4.05. The summed E-state index contributed by atoms with van der Waals surface area (Å²) in [5.41, 5.74) is 1.96. The molecule has 1 heterocycles. The Bertz CT molecular complexity index is 525. The van der Waals surface area contributed by atoms with Gasteiger partial charge in [0.2, 0.25) is 0 Å². The zero-order chi connectivity index (χ0) is 13.0. The highest BCUT2D eigenvalue weighted by Crippen LogP contribution is 2.18. The molecule has 5 heteroatoms. The van der Waals surface area contributed by atoms with Crippen molar-refractivity contribution in [3.05, 3.63) is 47.5 Å². The average molecular weight is 249 g/mol. The second kappa shape index (κ2) is 5.64. The van der Waals surface area contributed by atoms with E-state index in [2.05, 4.69) is 10.4 Å². The summed E-state index contributed by atoms with van der Waals surface area (Å²) in [6.07, 6.45) is 3.75. The zero-order valence-corrected chi connectivity index (χ0v) is 10.5. The summed E-state index contributed by atoms with van der Waals surface area (Å²) in [5, 5.41) is 7.28. The van der Waals surface area contributed by atoms with Crippen LogP contribution in [0.1, 0.15) is 11.1 Å². The van der Waals surface area contributed by atoms with Crippen LogP contribution in [0.3, 0.4) is 0 Å². The number of rotatable bonds is 5. The number of nitrogens with zero attached hydrogens (tertiary/aromatic N) is 2. The Morgan fingerprint density at radius 3 is 2.89 bits per heavy atom. The first-order chi connectivity index (χ1) is 8.72. The Morgan fingerprint density at radius 2 is 2.22 bits per heavy atom. The molecule has 18 heavy (non-hydrogen) atoms. The number of hydrogen-bond donors (Lipinski definition) is 1. The molecule has 2 aromatic rings. The van der Waals surface area contributed by atoms with E-state index in [0.29, 0.717) is 6.54 Å². The summed E-state index contributed by atoms with van der Waals surface area (Å²) in [6, 6.07) is 4.93. The van der Waals surface area contributed by atoms with Crippen LogP contribution >= 0.6 is 0 Å². The van der Waals surface area contributed by atoms with Crippen molar-refractivity contribution in [3.8, 4) is 5.75 Å². The van der Waals surface area contributed by atoms with Gasteiger partial charge in [0.1, 0.15) is 0 Å². The Hall–Kier alpha value is -1.88. The maximum atomic E-state index is 13.5. The summed E-state index contributed by atoms with van der Waals surface area (Å²) >= 11 is 0. The monoisotopic (exact) mass is 249 g/mol. The van der Waals surface area contributed by atoms with E-state index in [1.807, 2.05) is 19.3 Å². The Balaban J connectivity index is 2.10. The number of halogens is 1. The molecule has 0 aliphatic heterocycles. The van der Waals surface area contributed by atoms with Gasteiger partial charge in [0.15, 0.2) is 11.6 Å². The lowest BCUT2D eigenvalue weighted by Crippen LogP contribution is -2.04. The molecule has 0 saturated carbocycles. The predicted molar refractivity (Wildman–Crippen MR) is 67.0 cm³/mol. The molecule has 0 spiro atoms. The molecular formula is C13H16FN3O. The molecule has 0 radical (unpaired) electrons. The molecule has 2 rings (SSSR count). The van der Waals surface area contributed by atoms with Crippen LogP contribution < -0.4 is 10.1 Å². The van der Waals surface area contributed by atoms with Crippen LogP contribution in [0, 0.1) is 5.82 Å². The van der Waals surface area contributed by atoms with Crippen LogP contribution in [-0.2, 0) is 13.1 Å². The third-order valence-electron chi connectivity index (χ3n) is 2.63. The van der Waals surface area contributed by atoms with Gasteiger partial charge in [0.25, 0.3) is 0 Å². The van der Waals surface area contributed by atoms with E-state index in [1.54, 1.807) is 16.9 Å². The van der Waals surface area contributed by atoms with Crippen molar-refractivity contribution >= 4 is 0 Å². The minimum Gasteiger partial charge on any atom is -0.494 e. The van der Waals surface area contributed by atoms with E-state index in [4.69, 9.17) is 4.74 Å². The Labute approximate surface area is 105 Å². The fourth-order valence-corrected chi connectivity index (χ4v) is 1.78. The number of hydrogen-bond acceptors (Lipinski definition) is 3. The van der Waals surface area contributed by atoms with E-state index < -0.39 is 0 Å². The maximum Gasteiger partial charge on any atom is 0.165 e. The van der Waals surface area contributed by atoms with Crippen molar-refractivity contribution in [3.63, 3.8) is 0 Å². The number of aromatic nitrogens is 2. The molecule has 0 fully saturated rings. The van der Waals surface area contributed by atoms with E-state index in [9.17, 15) is 4.39 Å². The molecule has 1 N–H and O–H groups in total. The van der Waals surface area contributed by atoms with Gasteiger partial charge >= 0.3 is 0 Å². The normalized spacial score (nSPS) is 10.6. The molecule has 0 aliphatic rings. The molecule has 0 atom stereocenters. The highest BCUT2D eigenvalue weighted by Gasteiger charge is 2.04. The molecule has 0 saturated heterocycles. The minimum atomic E-state index is -0.349. The molecule has 96 valence electrons. The fraction of sp³-hybridized carbons (Fsp3) is 0.308. The van der Waals surface area contributed by atoms with Gasteiger partial charge in [-0.05, 0) is 24.7 Å². The quantitative estimate of drug-likeness (QED) is 0.878. The van der Waals surface area contributed by atoms with Gasteiger partial charge in [-0.15, -0.1) is 0 Å². The van der Waals surface area contributed by atoms with Gasteiger partial charge < -0.3 is 10.1 Å². The first-order valence-corrected chi connectivity index (χ1v) is 5.71. The fourth-order valence-electron chi connectivity index (χ4n) is 1.78. The van der Waals surface area contributed by atoms with Crippen molar-refractivity contribution in [2.45, 2.75) is 13.1 Å². The van der Waals surface area contributed by atoms with Gasteiger partial charge in [0.05, 0.1) is 19.9 Å². The Morgan fingerprint density at radius 1 is 1.39 bits per heavy atom. The summed E-state index contributed by atoms with van der Waals surface area (Å²) in [6.45, 7) is 1.32. The largest absolute Gasteiger partial charge is 0.494 e. The van der Waals surface area contributed by atoms with Crippen LogP contribution in [0.25, 0.3) is 0 Å². The van der Waals surface area contributed by atoms with Crippen molar-refractivity contribution in [1.82, 2.24) is 15.1 Å². The second-order valence-corrected chi connectivity index (χ2v) is 4.05. The highest BCUT2D eigenvalue weighted by atomic mass is 19.1. The molecular weight excluding hydrogens is 233 g/mol. The number of benzene rings is 1. The van der Waals surface area contributed by atoms with Gasteiger partial charge in [-0.25, -0.2) is 4.39 Å². The van der Waals surface area contributed by atoms with Crippen LogP contribution in [0.2, 0.25) is 0 Å². The maximum absolute atomic E-state index is 13.5. The first-order valence-electron chi connectivity index (χ1n) is 5.71. The Kier molecular flexibility index (Phi) is 3.94. The summed E-state index contributed by atoms with van der Waals surface area (Å²) in [7, 11) is 3.34. The summed E-state index contributed by atoms with van der Waals surface area (Å²) in [4.78, 5) is 0. The molecule has 0 amide bonds. The van der Waals surface area contributed by atoms with Crippen LogP contribution in [0.15, 0.2) is 30.6 Å². The van der Waals surface area contributed by atoms with Crippen LogP contribution in [0.5, 0.6) is 5.75 Å². The van der Waals surface area contributed by atoms with E-state index >= 15 is 0 Å². The number of nitrogens with one attached hydrogen (secondary N) is 1. The molecule has 4 nitrogen and oxygen atoms in total. The number of ether oxygens (including phenoxy) is 1. The van der Waals surface area contributed by atoms with E-state index in [-0.39, 0.29) is 11.6 Å². The lowest BCUT2D eigenvalue weighted by molar-refractivity contribution is 0.386. The lowest BCUT2D eigenvalue weighted by atomic mass is 10.2. The SMILES string of the molecule is CNCc1cnn(Cc2ccc(OC)c(F)c2)c1. The zero-order valence-electron chi connectivity index (χ0n) is 10.5.